The van der Waals surface area contributed by atoms with Crippen LogP contribution in [0, 0.1) is 0 Å². The molecule has 0 aliphatic carbocycles. The predicted molar refractivity (Wildman–Crippen MR) is 116 cm³/mol. The van der Waals surface area contributed by atoms with Gasteiger partial charge in [0.25, 0.3) is 0 Å². The summed E-state index contributed by atoms with van der Waals surface area (Å²) >= 11 is 0. The Morgan fingerprint density at radius 2 is 1.41 bits per heavy atom. The van der Waals surface area contributed by atoms with Gasteiger partial charge in [-0.3, -0.25) is 24.0 Å². The van der Waals surface area contributed by atoms with Crippen LogP contribution in [0.5, 0.6) is 0 Å². The Kier molecular flexibility index (Phi) is 11.2. The Balaban J connectivity index is 2.89. The van der Waals surface area contributed by atoms with Crippen LogP contribution in [-0.2, 0) is 35.2 Å². The van der Waals surface area contributed by atoms with Crippen molar-refractivity contribution in [3.05, 3.63) is 35.9 Å². The smallest absolute Gasteiger partial charge is 0.326 e. The maximum Gasteiger partial charge on any atom is 0.326 e. The highest BCUT2D eigenvalue weighted by atomic mass is 16.4. The lowest BCUT2D eigenvalue weighted by molar-refractivity contribution is -0.143. The van der Waals surface area contributed by atoms with E-state index in [0.29, 0.717) is 5.56 Å². The van der Waals surface area contributed by atoms with Gasteiger partial charge >= 0.3 is 17.9 Å². The number of nitrogens with two attached hydrogens (primary N) is 1. The van der Waals surface area contributed by atoms with Crippen molar-refractivity contribution in [1.82, 2.24) is 16.0 Å². The van der Waals surface area contributed by atoms with Crippen molar-refractivity contribution in [3.63, 3.8) is 0 Å². The first kappa shape index (κ1) is 28.0. The monoisotopic (exact) mass is 480 g/mol. The number of aliphatic carboxylic acids is 3. The molecule has 0 aromatic heterocycles. The normalized spacial score (nSPS) is 14.1. The molecule has 3 amide bonds. The summed E-state index contributed by atoms with van der Waals surface area (Å²) in [5.74, 6) is -6.52. The maximum atomic E-state index is 12.8. The summed E-state index contributed by atoms with van der Waals surface area (Å²) in [6.45, 7) is 1.28. The van der Waals surface area contributed by atoms with Crippen LogP contribution in [-0.4, -0.2) is 75.1 Å². The third-order valence-corrected chi connectivity index (χ3v) is 4.66. The van der Waals surface area contributed by atoms with E-state index in [4.69, 9.17) is 21.1 Å². The number of hydrogen-bond acceptors (Lipinski definition) is 7. The summed E-state index contributed by atoms with van der Waals surface area (Å²) in [6.07, 6.45) is -1.49. The van der Waals surface area contributed by atoms with Crippen molar-refractivity contribution in [2.75, 3.05) is 0 Å². The molecule has 186 valence electrons. The average molecular weight is 480 g/mol. The van der Waals surface area contributed by atoms with Crippen LogP contribution in [0.1, 0.15) is 31.7 Å². The van der Waals surface area contributed by atoms with Crippen LogP contribution in [0.4, 0.5) is 0 Å². The fourth-order valence-electron chi connectivity index (χ4n) is 2.82. The number of amides is 3. The molecule has 1 rings (SSSR count). The predicted octanol–water partition coefficient (Wildman–Crippen LogP) is -1.55. The zero-order chi connectivity index (χ0) is 25.8. The number of nitrogens with one attached hydrogen (secondary N) is 3. The van der Waals surface area contributed by atoms with Crippen LogP contribution in [0.2, 0.25) is 0 Å². The van der Waals surface area contributed by atoms with Crippen molar-refractivity contribution in [3.8, 4) is 0 Å². The molecule has 13 nitrogen and oxygen atoms in total. The van der Waals surface area contributed by atoms with Gasteiger partial charge in [-0.05, 0) is 18.9 Å². The number of carbonyl (C=O) groups is 6. The molecule has 34 heavy (non-hydrogen) atoms. The Hall–Kier alpha value is -4.00. The van der Waals surface area contributed by atoms with Crippen LogP contribution >= 0.6 is 0 Å². The first-order valence-electron chi connectivity index (χ1n) is 10.3. The number of carboxylic acids is 3. The summed E-state index contributed by atoms with van der Waals surface area (Å²) in [5, 5.41) is 33.6. The van der Waals surface area contributed by atoms with E-state index in [1.165, 1.54) is 6.92 Å². The molecule has 8 N–H and O–H groups in total. The molecule has 13 heteroatoms. The second-order valence-corrected chi connectivity index (χ2v) is 7.52. The Morgan fingerprint density at radius 1 is 0.824 bits per heavy atom. The second-order valence-electron chi connectivity index (χ2n) is 7.52. The summed E-state index contributed by atoms with van der Waals surface area (Å²) < 4.78 is 0. The highest BCUT2D eigenvalue weighted by molar-refractivity contribution is 5.94. The van der Waals surface area contributed by atoms with Crippen molar-refractivity contribution in [1.29, 1.82) is 0 Å². The van der Waals surface area contributed by atoms with Crippen molar-refractivity contribution in [2.24, 2.45) is 5.73 Å². The van der Waals surface area contributed by atoms with Gasteiger partial charge in [-0.25, -0.2) is 4.79 Å². The average Bonchev–Trinajstić information content (AvgIpc) is 2.75. The topological polar surface area (TPSA) is 225 Å². The molecule has 0 radical (unpaired) electrons. The van der Waals surface area contributed by atoms with Gasteiger partial charge in [0.1, 0.15) is 18.1 Å². The lowest BCUT2D eigenvalue weighted by Crippen LogP contribution is -2.57. The zero-order valence-electron chi connectivity index (χ0n) is 18.4. The fraction of sp³-hybridized carbons (Fsp3) is 0.429. The van der Waals surface area contributed by atoms with Gasteiger partial charge in [-0.15, -0.1) is 0 Å². The zero-order valence-corrected chi connectivity index (χ0v) is 18.4. The van der Waals surface area contributed by atoms with E-state index in [9.17, 15) is 28.8 Å². The molecule has 4 atom stereocenters. The Labute approximate surface area is 194 Å². The number of carbonyl (C=O) groups excluding carboxylic acids is 3. The summed E-state index contributed by atoms with van der Waals surface area (Å²) in [7, 11) is 0. The van der Waals surface area contributed by atoms with Gasteiger partial charge in [0.2, 0.25) is 17.7 Å². The molecular weight excluding hydrogens is 452 g/mol. The van der Waals surface area contributed by atoms with Crippen LogP contribution in [0.15, 0.2) is 30.3 Å². The van der Waals surface area contributed by atoms with Gasteiger partial charge in [0, 0.05) is 12.8 Å². The summed E-state index contributed by atoms with van der Waals surface area (Å²) in [4.78, 5) is 70.2. The number of benzene rings is 1. The van der Waals surface area contributed by atoms with E-state index in [1.54, 1.807) is 30.3 Å². The van der Waals surface area contributed by atoms with Gasteiger partial charge in [0.15, 0.2) is 0 Å². The Morgan fingerprint density at radius 3 is 1.94 bits per heavy atom. The van der Waals surface area contributed by atoms with E-state index in [0.717, 1.165) is 0 Å². The molecule has 0 heterocycles. The minimum atomic E-state index is -1.48. The first-order valence-corrected chi connectivity index (χ1v) is 10.3. The van der Waals surface area contributed by atoms with Crippen molar-refractivity contribution in [2.45, 2.75) is 56.8 Å². The Bertz CT molecular complexity index is 907. The van der Waals surface area contributed by atoms with Gasteiger partial charge < -0.3 is 37.0 Å². The van der Waals surface area contributed by atoms with E-state index in [2.05, 4.69) is 16.0 Å². The van der Waals surface area contributed by atoms with Crippen molar-refractivity contribution >= 4 is 35.6 Å². The van der Waals surface area contributed by atoms with E-state index in [1.807, 2.05) is 0 Å². The highest BCUT2D eigenvalue weighted by Gasteiger charge is 2.29. The molecule has 1 aromatic rings. The van der Waals surface area contributed by atoms with Gasteiger partial charge in [0.05, 0.1) is 12.5 Å². The molecule has 4 unspecified atom stereocenters. The van der Waals surface area contributed by atoms with Crippen molar-refractivity contribution < 1.29 is 44.1 Å². The lowest BCUT2D eigenvalue weighted by Gasteiger charge is -2.23. The molecule has 0 saturated heterocycles. The lowest BCUT2D eigenvalue weighted by atomic mass is 10.0. The third kappa shape index (κ3) is 10.1. The van der Waals surface area contributed by atoms with Gasteiger partial charge in [-0.1, -0.05) is 30.3 Å². The molecule has 0 aliphatic heterocycles. The minimum Gasteiger partial charge on any atom is -0.481 e. The molecule has 1 aromatic carbocycles. The number of hydrogen-bond donors (Lipinski definition) is 7. The highest BCUT2D eigenvalue weighted by Crippen LogP contribution is 2.05. The van der Waals surface area contributed by atoms with E-state index in [-0.39, 0.29) is 12.8 Å². The van der Waals surface area contributed by atoms with Crippen LogP contribution in [0.3, 0.4) is 0 Å². The largest absolute Gasteiger partial charge is 0.481 e. The quantitative estimate of drug-likeness (QED) is 0.162. The van der Waals surface area contributed by atoms with Crippen LogP contribution < -0.4 is 21.7 Å². The minimum absolute atomic E-state index is 0.00288. The summed E-state index contributed by atoms with van der Waals surface area (Å²) in [6, 6.07) is 3.22. The number of rotatable bonds is 14. The summed E-state index contributed by atoms with van der Waals surface area (Å²) in [5.41, 5.74) is 6.22. The fourth-order valence-corrected chi connectivity index (χ4v) is 2.82. The second kappa shape index (κ2) is 13.5. The number of carboxylic acid groups (broad SMARTS) is 3. The maximum absolute atomic E-state index is 12.8. The molecule has 0 aliphatic rings. The van der Waals surface area contributed by atoms with E-state index < -0.39 is 72.6 Å². The van der Waals surface area contributed by atoms with E-state index >= 15 is 0 Å². The molecular formula is C21H28N4O9. The molecule has 0 saturated carbocycles. The molecule has 0 spiro atoms. The standard InChI is InChI=1S/C21H28N4O9/c1-11(18(30)24-14(21(33)34)7-8-16(26)27)23-20(32)15(9-12-5-3-2-4-6-12)25-19(31)13(22)10-17(28)29/h2-6,11,13-15H,7-10,22H2,1H3,(H,23,32)(H,24,30)(H,25,31)(H,26,27)(H,28,29)(H,33,34). The molecule has 0 fully saturated rings. The van der Waals surface area contributed by atoms with Crippen LogP contribution in [0.25, 0.3) is 0 Å². The third-order valence-electron chi connectivity index (χ3n) is 4.66. The first-order chi connectivity index (χ1) is 15.9. The molecule has 0 bridgehead atoms. The van der Waals surface area contributed by atoms with Gasteiger partial charge in [-0.2, -0.15) is 0 Å². The SMILES string of the molecule is CC(NC(=O)C(Cc1ccccc1)NC(=O)C(N)CC(=O)O)C(=O)NC(CCC(=O)O)C(=O)O.